The highest BCUT2D eigenvalue weighted by atomic mass is 16.6. The molecule has 0 unspecified atom stereocenters. The van der Waals surface area contributed by atoms with E-state index >= 15 is 0 Å². The van der Waals surface area contributed by atoms with Crippen molar-refractivity contribution < 1.29 is 9.72 Å². The van der Waals surface area contributed by atoms with Crippen LogP contribution in [0, 0.1) is 10.1 Å². The van der Waals surface area contributed by atoms with Crippen molar-refractivity contribution in [3.05, 3.63) is 70.3 Å². The summed E-state index contributed by atoms with van der Waals surface area (Å²) < 4.78 is 0. The van der Waals surface area contributed by atoms with E-state index in [4.69, 9.17) is 11.5 Å². The lowest BCUT2D eigenvalue weighted by Gasteiger charge is -2.08. The van der Waals surface area contributed by atoms with E-state index in [1.807, 2.05) is 30.3 Å². The number of carbonyl (C=O) groups excluding carboxylic acids is 1. The van der Waals surface area contributed by atoms with Crippen LogP contribution in [0.25, 0.3) is 22.2 Å². The minimum atomic E-state index is -0.690. The fourth-order valence-electron chi connectivity index (χ4n) is 2.44. The molecule has 3 rings (SSSR count). The topological polar surface area (TPSA) is 138 Å². The molecule has 0 aliphatic heterocycles. The number of nitrogens with two attached hydrogens (primary N) is 2. The lowest BCUT2D eigenvalue weighted by atomic mass is 10.0. The minimum Gasteiger partial charge on any atom is -0.370 e. The van der Waals surface area contributed by atoms with Crippen LogP contribution < -0.4 is 11.5 Å². The fourth-order valence-corrected chi connectivity index (χ4v) is 2.44. The third-order valence-electron chi connectivity index (χ3n) is 3.53. The molecule has 0 spiro atoms. The maximum Gasteiger partial charge on any atom is 0.280 e. The van der Waals surface area contributed by atoms with Crippen LogP contribution in [0.4, 0.5) is 5.69 Å². The number of fused-ring (bicyclic) bond motifs is 1. The van der Waals surface area contributed by atoms with E-state index in [1.165, 1.54) is 24.3 Å². The number of aliphatic imine (C=N–C) groups is 1. The molecule has 0 radical (unpaired) electrons. The van der Waals surface area contributed by atoms with Crippen LogP contribution in [0.1, 0.15) is 10.4 Å². The molecule has 1 aromatic heterocycles. The van der Waals surface area contributed by atoms with Gasteiger partial charge < -0.3 is 11.5 Å². The Morgan fingerprint density at radius 3 is 2.44 bits per heavy atom. The van der Waals surface area contributed by atoms with E-state index < -0.39 is 10.8 Å². The van der Waals surface area contributed by atoms with E-state index in [-0.39, 0.29) is 17.2 Å². The van der Waals surface area contributed by atoms with Gasteiger partial charge in [0.05, 0.1) is 21.7 Å². The maximum atomic E-state index is 12.4. The second-order valence-corrected chi connectivity index (χ2v) is 5.22. The number of nitro benzene ring substituents is 1. The Bertz CT molecular complexity index is 1010. The Kier molecular flexibility index (Phi) is 4.09. The summed E-state index contributed by atoms with van der Waals surface area (Å²) in [6.45, 7) is 0. The molecule has 0 saturated heterocycles. The lowest BCUT2D eigenvalue weighted by molar-refractivity contribution is -0.384. The Balaban J connectivity index is 2.30. The molecule has 1 amide bonds. The van der Waals surface area contributed by atoms with Crippen molar-refractivity contribution in [1.29, 1.82) is 0 Å². The highest BCUT2D eigenvalue weighted by molar-refractivity contribution is 6.11. The average molecular weight is 335 g/mol. The molecule has 8 heteroatoms. The summed E-state index contributed by atoms with van der Waals surface area (Å²) in [4.78, 5) is 30.9. The van der Waals surface area contributed by atoms with Crippen molar-refractivity contribution in [3.8, 4) is 11.3 Å². The largest absolute Gasteiger partial charge is 0.370 e. The van der Waals surface area contributed by atoms with E-state index in [1.54, 1.807) is 0 Å². The fraction of sp³-hybridized carbons (Fsp3) is 0. The first-order valence-corrected chi connectivity index (χ1v) is 7.24. The number of benzene rings is 2. The van der Waals surface area contributed by atoms with Crippen molar-refractivity contribution in [2.24, 2.45) is 16.5 Å². The second kappa shape index (κ2) is 6.36. The van der Waals surface area contributed by atoms with Crippen molar-refractivity contribution in [1.82, 2.24) is 4.98 Å². The van der Waals surface area contributed by atoms with Gasteiger partial charge >= 0.3 is 0 Å². The monoisotopic (exact) mass is 335 g/mol. The van der Waals surface area contributed by atoms with Gasteiger partial charge in [-0.25, -0.2) is 4.98 Å². The normalized spacial score (nSPS) is 10.4. The zero-order valence-electron chi connectivity index (χ0n) is 12.9. The van der Waals surface area contributed by atoms with E-state index in [0.717, 1.165) is 5.56 Å². The number of nitrogens with zero attached hydrogens (tertiary/aromatic N) is 3. The van der Waals surface area contributed by atoms with Crippen molar-refractivity contribution in [2.75, 3.05) is 0 Å². The highest BCUT2D eigenvalue weighted by Gasteiger charge is 2.17. The summed E-state index contributed by atoms with van der Waals surface area (Å²) in [5.74, 6) is -1.08. The van der Waals surface area contributed by atoms with Gasteiger partial charge in [0.1, 0.15) is 0 Å². The van der Waals surface area contributed by atoms with Crippen LogP contribution in [-0.4, -0.2) is 21.8 Å². The summed E-state index contributed by atoms with van der Waals surface area (Å²) in [6, 6.07) is 14.9. The number of aromatic nitrogens is 1. The number of guanidine groups is 1. The number of carbonyl (C=O) groups is 1. The molecule has 0 fully saturated rings. The number of non-ortho nitro benzene ring substituents is 1. The summed E-state index contributed by atoms with van der Waals surface area (Å²) in [5.41, 5.74) is 12.3. The molecule has 0 saturated carbocycles. The molecule has 8 nitrogen and oxygen atoms in total. The molecule has 4 N–H and O–H groups in total. The molecule has 124 valence electrons. The van der Waals surface area contributed by atoms with Gasteiger partial charge in [-0.2, -0.15) is 4.99 Å². The van der Waals surface area contributed by atoms with Gasteiger partial charge in [0, 0.05) is 23.1 Å². The van der Waals surface area contributed by atoms with Crippen LogP contribution >= 0.6 is 0 Å². The molecule has 25 heavy (non-hydrogen) atoms. The quantitative estimate of drug-likeness (QED) is 0.326. The van der Waals surface area contributed by atoms with Crippen molar-refractivity contribution in [2.45, 2.75) is 0 Å². The first-order valence-electron chi connectivity index (χ1n) is 7.24. The predicted molar refractivity (Wildman–Crippen MR) is 94.0 cm³/mol. The molecule has 0 bridgehead atoms. The average Bonchev–Trinajstić information content (AvgIpc) is 2.60. The van der Waals surface area contributed by atoms with Crippen LogP contribution in [-0.2, 0) is 0 Å². The standard InChI is InChI=1S/C17H13N5O3/c18-17(19)21-16(23)13-9-15(10-4-2-1-3-5-10)20-14-7-6-11(22(24)25)8-12(13)14/h1-9H,(H4,18,19,21,23). The molecule has 2 aromatic carbocycles. The van der Waals surface area contributed by atoms with E-state index in [9.17, 15) is 14.9 Å². The highest BCUT2D eigenvalue weighted by Crippen LogP contribution is 2.28. The molecule has 3 aromatic rings. The SMILES string of the molecule is NC(N)=NC(=O)c1cc(-c2ccccc2)nc2ccc([N+](=O)[O-])cc12. The maximum absolute atomic E-state index is 12.4. The second-order valence-electron chi connectivity index (χ2n) is 5.22. The van der Waals surface area contributed by atoms with E-state index in [0.29, 0.717) is 16.6 Å². The lowest BCUT2D eigenvalue weighted by Crippen LogP contribution is -2.24. The van der Waals surface area contributed by atoms with Gasteiger partial charge in [-0.3, -0.25) is 14.9 Å². The van der Waals surface area contributed by atoms with Gasteiger partial charge in [-0.1, -0.05) is 30.3 Å². The Labute approximate surface area is 142 Å². The summed E-state index contributed by atoms with van der Waals surface area (Å²) in [7, 11) is 0. The van der Waals surface area contributed by atoms with Gasteiger partial charge in [-0.05, 0) is 12.1 Å². The Hall–Kier alpha value is -3.81. The zero-order chi connectivity index (χ0) is 18.0. The minimum absolute atomic E-state index is 0.140. The molecule has 0 atom stereocenters. The van der Waals surface area contributed by atoms with Crippen molar-refractivity contribution >= 4 is 28.5 Å². The van der Waals surface area contributed by atoms with Gasteiger partial charge in [0.2, 0.25) is 0 Å². The van der Waals surface area contributed by atoms with E-state index in [2.05, 4.69) is 9.98 Å². The summed E-state index contributed by atoms with van der Waals surface area (Å²) >= 11 is 0. The van der Waals surface area contributed by atoms with Gasteiger partial charge in [-0.15, -0.1) is 0 Å². The Morgan fingerprint density at radius 1 is 1.08 bits per heavy atom. The predicted octanol–water partition coefficient (Wildman–Crippen LogP) is 2.22. The molecule has 0 aliphatic carbocycles. The molecule has 0 aliphatic rings. The van der Waals surface area contributed by atoms with Crippen LogP contribution in [0.3, 0.4) is 0 Å². The smallest absolute Gasteiger partial charge is 0.280 e. The first kappa shape index (κ1) is 16.1. The van der Waals surface area contributed by atoms with Crippen molar-refractivity contribution in [3.63, 3.8) is 0 Å². The number of rotatable bonds is 3. The van der Waals surface area contributed by atoms with Crippen LogP contribution in [0.5, 0.6) is 0 Å². The number of hydrogen-bond donors (Lipinski definition) is 2. The molecular formula is C17H13N5O3. The number of pyridine rings is 1. The number of nitro groups is 1. The molecular weight excluding hydrogens is 322 g/mol. The third-order valence-corrected chi connectivity index (χ3v) is 3.53. The van der Waals surface area contributed by atoms with Crippen LogP contribution in [0.2, 0.25) is 0 Å². The third kappa shape index (κ3) is 3.27. The number of amides is 1. The zero-order valence-corrected chi connectivity index (χ0v) is 12.9. The number of hydrogen-bond acceptors (Lipinski definition) is 4. The van der Waals surface area contributed by atoms with Gasteiger partial charge in [0.25, 0.3) is 11.6 Å². The van der Waals surface area contributed by atoms with Gasteiger partial charge in [0.15, 0.2) is 5.96 Å². The summed E-state index contributed by atoms with van der Waals surface area (Å²) in [5, 5.41) is 11.3. The van der Waals surface area contributed by atoms with Crippen LogP contribution in [0.15, 0.2) is 59.6 Å². The Morgan fingerprint density at radius 2 is 1.80 bits per heavy atom. The molecule has 1 heterocycles. The first-order chi connectivity index (χ1) is 12.0. The summed E-state index contributed by atoms with van der Waals surface area (Å²) in [6.07, 6.45) is 0.